The SMILES string of the molecule is CC1CC1Nc1ccccc1S(C)(=O)=O. The summed E-state index contributed by atoms with van der Waals surface area (Å²) in [5.74, 6) is 0.651. The summed E-state index contributed by atoms with van der Waals surface area (Å²) in [7, 11) is -3.13. The molecule has 0 amide bonds. The van der Waals surface area contributed by atoms with Crippen molar-refractivity contribution in [2.45, 2.75) is 24.3 Å². The Bertz CT molecular complexity index is 467. The molecule has 0 radical (unpaired) electrons. The standard InChI is InChI=1S/C11H15NO2S/c1-8-7-10(8)12-9-5-3-4-6-11(9)15(2,13)14/h3-6,8,10,12H,7H2,1-2H3. The molecule has 15 heavy (non-hydrogen) atoms. The highest BCUT2D eigenvalue weighted by molar-refractivity contribution is 7.90. The fraction of sp³-hybridized carbons (Fsp3) is 0.455. The van der Waals surface area contributed by atoms with Gasteiger partial charge in [0.1, 0.15) is 0 Å². The van der Waals surface area contributed by atoms with Gasteiger partial charge in [-0.15, -0.1) is 0 Å². The van der Waals surface area contributed by atoms with E-state index in [4.69, 9.17) is 0 Å². The Hall–Kier alpha value is -1.03. The zero-order valence-corrected chi connectivity index (χ0v) is 9.71. The summed E-state index contributed by atoms with van der Waals surface area (Å²) in [6.45, 7) is 2.15. The third-order valence-corrected chi connectivity index (χ3v) is 3.89. The third-order valence-electron chi connectivity index (χ3n) is 2.74. The molecule has 0 aliphatic heterocycles. The molecule has 1 aliphatic rings. The summed E-state index contributed by atoms with van der Waals surface area (Å²) in [4.78, 5) is 0.393. The lowest BCUT2D eigenvalue weighted by Crippen LogP contribution is -2.08. The van der Waals surface area contributed by atoms with E-state index in [0.29, 0.717) is 16.9 Å². The second kappa shape index (κ2) is 3.52. The van der Waals surface area contributed by atoms with Crippen LogP contribution < -0.4 is 5.32 Å². The van der Waals surface area contributed by atoms with Crippen molar-refractivity contribution >= 4 is 15.5 Å². The Labute approximate surface area is 90.4 Å². The van der Waals surface area contributed by atoms with Crippen molar-refractivity contribution in [1.29, 1.82) is 0 Å². The third kappa shape index (κ3) is 2.31. The molecular weight excluding hydrogens is 210 g/mol. The van der Waals surface area contributed by atoms with Gasteiger partial charge in [0.2, 0.25) is 0 Å². The Morgan fingerprint density at radius 1 is 1.33 bits per heavy atom. The van der Waals surface area contributed by atoms with Crippen molar-refractivity contribution in [3.63, 3.8) is 0 Å². The number of anilines is 1. The van der Waals surface area contributed by atoms with Crippen LogP contribution in [0.15, 0.2) is 29.2 Å². The predicted molar refractivity (Wildman–Crippen MR) is 60.7 cm³/mol. The van der Waals surface area contributed by atoms with Gasteiger partial charge in [0.25, 0.3) is 0 Å². The molecule has 4 heteroatoms. The van der Waals surface area contributed by atoms with E-state index in [-0.39, 0.29) is 0 Å². The van der Waals surface area contributed by atoms with Gasteiger partial charge in [0.15, 0.2) is 9.84 Å². The number of hydrogen-bond donors (Lipinski definition) is 1. The van der Waals surface area contributed by atoms with Gasteiger partial charge in [0, 0.05) is 12.3 Å². The molecule has 1 aromatic rings. The molecule has 1 fully saturated rings. The highest BCUT2D eigenvalue weighted by Crippen LogP contribution is 2.34. The van der Waals surface area contributed by atoms with Gasteiger partial charge < -0.3 is 5.32 Å². The molecule has 1 aromatic carbocycles. The summed E-state index contributed by atoms with van der Waals surface area (Å²) in [5, 5.41) is 3.26. The fourth-order valence-electron chi connectivity index (χ4n) is 1.63. The zero-order valence-electron chi connectivity index (χ0n) is 8.90. The first-order valence-corrected chi connectivity index (χ1v) is 6.93. The van der Waals surface area contributed by atoms with Crippen LogP contribution in [0.4, 0.5) is 5.69 Å². The number of benzene rings is 1. The summed E-state index contributed by atoms with van der Waals surface area (Å²) in [6, 6.07) is 7.50. The van der Waals surface area contributed by atoms with E-state index in [2.05, 4.69) is 12.2 Å². The average Bonchev–Trinajstić information content (AvgIpc) is 2.81. The molecule has 2 atom stereocenters. The summed E-state index contributed by atoms with van der Waals surface area (Å²) in [5.41, 5.74) is 0.731. The van der Waals surface area contributed by atoms with Crippen molar-refractivity contribution < 1.29 is 8.42 Å². The average molecular weight is 225 g/mol. The minimum atomic E-state index is -3.13. The van der Waals surface area contributed by atoms with Crippen LogP contribution in [0.1, 0.15) is 13.3 Å². The Balaban J connectivity index is 2.30. The number of hydrogen-bond acceptors (Lipinski definition) is 3. The van der Waals surface area contributed by atoms with Gasteiger partial charge >= 0.3 is 0 Å². The Kier molecular flexibility index (Phi) is 2.46. The van der Waals surface area contributed by atoms with Crippen LogP contribution in [0, 0.1) is 5.92 Å². The summed E-state index contributed by atoms with van der Waals surface area (Å²) in [6.07, 6.45) is 2.36. The van der Waals surface area contributed by atoms with E-state index in [1.54, 1.807) is 12.1 Å². The quantitative estimate of drug-likeness (QED) is 0.854. The predicted octanol–water partition coefficient (Wildman–Crippen LogP) is 1.91. The molecule has 0 saturated heterocycles. The van der Waals surface area contributed by atoms with E-state index in [9.17, 15) is 8.42 Å². The largest absolute Gasteiger partial charge is 0.381 e. The molecule has 0 aromatic heterocycles. The molecule has 0 spiro atoms. The first-order valence-electron chi connectivity index (χ1n) is 5.04. The lowest BCUT2D eigenvalue weighted by molar-refractivity contribution is 0.602. The minimum Gasteiger partial charge on any atom is -0.381 e. The number of para-hydroxylation sites is 1. The molecule has 0 bridgehead atoms. The van der Waals surface area contributed by atoms with Crippen molar-refractivity contribution in [1.82, 2.24) is 0 Å². The lowest BCUT2D eigenvalue weighted by atomic mass is 10.3. The number of sulfone groups is 1. The molecular formula is C11H15NO2S. The van der Waals surface area contributed by atoms with Crippen LogP contribution in [0.2, 0.25) is 0 Å². The van der Waals surface area contributed by atoms with Crippen molar-refractivity contribution in [3.8, 4) is 0 Å². The topological polar surface area (TPSA) is 46.2 Å². The molecule has 82 valence electrons. The molecule has 1 N–H and O–H groups in total. The smallest absolute Gasteiger partial charge is 0.177 e. The zero-order chi connectivity index (χ0) is 11.1. The van der Waals surface area contributed by atoms with Gasteiger partial charge in [-0.2, -0.15) is 0 Å². The normalized spacial score (nSPS) is 24.9. The number of nitrogens with one attached hydrogen (secondary N) is 1. The van der Waals surface area contributed by atoms with Crippen molar-refractivity contribution in [2.75, 3.05) is 11.6 Å². The van der Waals surface area contributed by atoms with E-state index < -0.39 is 9.84 Å². The van der Waals surface area contributed by atoms with E-state index in [1.165, 1.54) is 6.26 Å². The summed E-state index contributed by atoms with van der Waals surface area (Å²) < 4.78 is 23.0. The highest BCUT2D eigenvalue weighted by Gasteiger charge is 2.33. The summed E-state index contributed by atoms with van der Waals surface area (Å²) >= 11 is 0. The second-order valence-corrected chi connectivity index (χ2v) is 6.22. The molecule has 2 rings (SSSR count). The maximum Gasteiger partial charge on any atom is 0.177 e. The Morgan fingerprint density at radius 3 is 2.47 bits per heavy atom. The maximum atomic E-state index is 11.5. The van der Waals surface area contributed by atoms with Crippen LogP contribution in [-0.4, -0.2) is 20.7 Å². The van der Waals surface area contributed by atoms with Crippen LogP contribution in [-0.2, 0) is 9.84 Å². The van der Waals surface area contributed by atoms with E-state index in [1.807, 2.05) is 12.1 Å². The monoisotopic (exact) mass is 225 g/mol. The van der Waals surface area contributed by atoms with Crippen LogP contribution in [0.3, 0.4) is 0 Å². The van der Waals surface area contributed by atoms with E-state index >= 15 is 0 Å². The van der Waals surface area contributed by atoms with E-state index in [0.717, 1.165) is 12.1 Å². The van der Waals surface area contributed by atoms with Crippen LogP contribution >= 0.6 is 0 Å². The molecule has 3 nitrogen and oxygen atoms in total. The fourth-order valence-corrected chi connectivity index (χ4v) is 2.48. The van der Waals surface area contributed by atoms with Crippen molar-refractivity contribution in [2.24, 2.45) is 5.92 Å². The molecule has 1 aliphatic carbocycles. The van der Waals surface area contributed by atoms with Gasteiger partial charge in [-0.1, -0.05) is 19.1 Å². The van der Waals surface area contributed by atoms with Crippen LogP contribution in [0.25, 0.3) is 0 Å². The first-order chi connectivity index (χ1) is 6.98. The molecule has 0 heterocycles. The molecule has 1 saturated carbocycles. The van der Waals surface area contributed by atoms with Gasteiger partial charge in [0.05, 0.1) is 10.6 Å². The van der Waals surface area contributed by atoms with Crippen molar-refractivity contribution in [3.05, 3.63) is 24.3 Å². The Morgan fingerprint density at radius 2 is 1.93 bits per heavy atom. The molecule has 2 unspecified atom stereocenters. The van der Waals surface area contributed by atoms with Gasteiger partial charge in [-0.25, -0.2) is 8.42 Å². The second-order valence-electron chi connectivity index (χ2n) is 4.23. The van der Waals surface area contributed by atoms with Gasteiger partial charge in [-0.05, 0) is 24.5 Å². The number of rotatable bonds is 3. The first kappa shape index (κ1) is 10.5. The minimum absolute atomic E-state index is 0.393. The highest BCUT2D eigenvalue weighted by atomic mass is 32.2. The van der Waals surface area contributed by atoms with Crippen LogP contribution in [0.5, 0.6) is 0 Å². The lowest BCUT2D eigenvalue weighted by Gasteiger charge is -2.09. The van der Waals surface area contributed by atoms with Gasteiger partial charge in [-0.3, -0.25) is 0 Å². The maximum absolute atomic E-state index is 11.5.